The molecule has 33 heavy (non-hydrogen) atoms. The minimum absolute atomic E-state index is 0.0624. The fraction of sp³-hybridized carbons (Fsp3) is 0.720. The fourth-order valence-electron chi connectivity index (χ4n) is 5.84. The first kappa shape index (κ1) is 24.1. The van der Waals surface area contributed by atoms with Crippen LogP contribution in [-0.4, -0.2) is 74.1 Å². The first-order valence-electron chi connectivity index (χ1n) is 12.6. The zero-order valence-electron chi connectivity index (χ0n) is 19.7. The van der Waals surface area contributed by atoms with Crippen molar-refractivity contribution in [2.24, 2.45) is 5.92 Å². The van der Waals surface area contributed by atoms with Gasteiger partial charge in [0, 0.05) is 32.0 Å². The zero-order chi connectivity index (χ0) is 23.4. The third-order valence-electron chi connectivity index (χ3n) is 7.94. The third kappa shape index (κ3) is 4.79. The summed E-state index contributed by atoms with van der Waals surface area (Å²) in [6.45, 7) is 3.60. The number of hydrogen-bond donors (Lipinski definition) is 3. The highest BCUT2D eigenvalue weighted by Crippen LogP contribution is 2.37. The Bertz CT molecular complexity index is 806. The van der Waals surface area contributed by atoms with Crippen molar-refractivity contribution in [2.75, 3.05) is 19.6 Å². The Balaban J connectivity index is 1.50. The smallest absolute Gasteiger partial charge is 0.248 e. The molecule has 182 valence electrons. The zero-order valence-corrected chi connectivity index (χ0v) is 19.7. The molecule has 2 amide bonds. The van der Waals surface area contributed by atoms with Crippen LogP contribution in [0.25, 0.3) is 0 Å². The Morgan fingerprint density at radius 3 is 2.42 bits per heavy atom. The Morgan fingerprint density at radius 2 is 1.79 bits per heavy atom. The first-order valence-corrected chi connectivity index (χ1v) is 12.6. The van der Waals surface area contributed by atoms with E-state index in [0.29, 0.717) is 32.5 Å². The molecule has 1 aliphatic carbocycles. The highest BCUT2D eigenvalue weighted by atomic mass is 16.3. The molecule has 0 radical (unpaired) electrons. The maximum absolute atomic E-state index is 13.7. The number of rotatable bonds is 7. The van der Waals surface area contributed by atoms with Gasteiger partial charge in [0.1, 0.15) is 17.8 Å². The Labute approximate surface area is 196 Å². The van der Waals surface area contributed by atoms with Crippen LogP contribution in [0.3, 0.4) is 0 Å². The number of nitrogens with zero attached hydrogens (tertiary/aromatic N) is 3. The van der Waals surface area contributed by atoms with E-state index in [0.717, 1.165) is 44.1 Å². The van der Waals surface area contributed by atoms with Crippen molar-refractivity contribution in [3.63, 3.8) is 0 Å². The molecule has 2 saturated heterocycles. The molecule has 1 spiro atoms. The lowest BCUT2D eigenvalue weighted by Gasteiger charge is -2.53. The highest BCUT2D eigenvalue weighted by Gasteiger charge is 2.55. The molecule has 1 unspecified atom stereocenters. The fourth-order valence-corrected chi connectivity index (χ4v) is 5.84. The summed E-state index contributed by atoms with van der Waals surface area (Å²) in [7, 11) is 0. The average molecular weight is 459 g/mol. The topological polar surface area (TPSA) is 106 Å². The first-order chi connectivity index (χ1) is 16.0. The number of likely N-dealkylation sites (tertiary alicyclic amines) is 1. The number of hydrogen-bond acceptors (Lipinski definition) is 6. The van der Waals surface area contributed by atoms with E-state index in [1.807, 2.05) is 4.90 Å². The van der Waals surface area contributed by atoms with Crippen LogP contribution < -0.4 is 5.32 Å². The van der Waals surface area contributed by atoms with Gasteiger partial charge in [-0.1, -0.05) is 32.6 Å². The van der Waals surface area contributed by atoms with E-state index >= 15 is 0 Å². The van der Waals surface area contributed by atoms with Gasteiger partial charge in [0.05, 0.1) is 6.10 Å². The molecule has 8 heteroatoms. The van der Waals surface area contributed by atoms with Crippen molar-refractivity contribution in [1.82, 2.24) is 20.1 Å². The van der Waals surface area contributed by atoms with Gasteiger partial charge in [0.25, 0.3) is 0 Å². The summed E-state index contributed by atoms with van der Waals surface area (Å²) in [5, 5.41) is 24.8. The maximum atomic E-state index is 13.7. The quantitative estimate of drug-likeness (QED) is 0.577. The van der Waals surface area contributed by atoms with E-state index in [1.54, 1.807) is 29.4 Å². The molecule has 2 aliphatic heterocycles. The van der Waals surface area contributed by atoms with Gasteiger partial charge in [-0.3, -0.25) is 19.5 Å². The van der Waals surface area contributed by atoms with Crippen molar-refractivity contribution in [2.45, 2.75) is 88.6 Å². The molecular formula is C25H38N4O4. The number of aliphatic hydroxyl groups is 2. The molecule has 1 saturated carbocycles. The number of aliphatic hydroxyl groups excluding tert-OH is 2. The predicted molar refractivity (Wildman–Crippen MR) is 124 cm³/mol. The molecule has 3 fully saturated rings. The average Bonchev–Trinajstić information content (AvgIpc) is 2.87. The number of amides is 2. The van der Waals surface area contributed by atoms with Gasteiger partial charge in [-0.15, -0.1) is 0 Å². The van der Waals surface area contributed by atoms with Crippen molar-refractivity contribution in [3.05, 3.63) is 30.1 Å². The number of pyridine rings is 1. The monoisotopic (exact) mass is 458 g/mol. The van der Waals surface area contributed by atoms with E-state index < -0.39 is 23.9 Å². The van der Waals surface area contributed by atoms with E-state index in [9.17, 15) is 19.8 Å². The summed E-state index contributed by atoms with van der Waals surface area (Å²) in [5.41, 5.74) is -0.146. The van der Waals surface area contributed by atoms with E-state index in [2.05, 4.69) is 17.2 Å². The number of piperazine rings is 1. The predicted octanol–water partition coefficient (Wildman–Crippen LogP) is 1.98. The molecule has 3 N–H and O–H groups in total. The molecular weight excluding hydrogens is 420 g/mol. The highest BCUT2D eigenvalue weighted by molar-refractivity contribution is 6.00. The van der Waals surface area contributed by atoms with Crippen molar-refractivity contribution in [1.29, 1.82) is 0 Å². The summed E-state index contributed by atoms with van der Waals surface area (Å²) in [5.74, 6) is -0.243. The van der Waals surface area contributed by atoms with Crippen LogP contribution in [0.4, 0.5) is 0 Å². The number of carbonyl (C=O) groups is 2. The van der Waals surface area contributed by atoms with Gasteiger partial charge in [-0.25, -0.2) is 0 Å². The summed E-state index contributed by atoms with van der Waals surface area (Å²) in [4.78, 5) is 34.9. The third-order valence-corrected chi connectivity index (χ3v) is 7.94. The lowest BCUT2D eigenvalue weighted by Crippen LogP contribution is -2.75. The SMILES string of the molecule is CCCCN1C(=O)[C@@H]([C@H](O)C2CCCCC2)NC(=O)C12CCN(C(O)c1ccncc1)CC2. The van der Waals surface area contributed by atoms with Gasteiger partial charge in [-0.05, 0) is 55.7 Å². The molecule has 3 heterocycles. The van der Waals surface area contributed by atoms with Crippen LogP contribution in [0.2, 0.25) is 0 Å². The molecule has 1 aromatic heterocycles. The number of aromatic nitrogens is 1. The molecule has 8 nitrogen and oxygen atoms in total. The van der Waals surface area contributed by atoms with Crippen LogP contribution in [0.5, 0.6) is 0 Å². The number of piperidine rings is 1. The van der Waals surface area contributed by atoms with Gasteiger partial charge in [-0.2, -0.15) is 0 Å². The molecule has 3 atom stereocenters. The van der Waals surface area contributed by atoms with Crippen molar-refractivity contribution >= 4 is 11.8 Å². The Morgan fingerprint density at radius 1 is 1.12 bits per heavy atom. The largest absolute Gasteiger partial charge is 0.390 e. The van der Waals surface area contributed by atoms with Gasteiger partial charge in [0.2, 0.25) is 11.8 Å². The van der Waals surface area contributed by atoms with Gasteiger partial charge in [0.15, 0.2) is 0 Å². The minimum Gasteiger partial charge on any atom is -0.390 e. The lowest BCUT2D eigenvalue weighted by molar-refractivity contribution is -0.167. The van der Waals surface area contributed by atoms with Gasteiger partial charge < -0.3 is 20.4 Å². The second-order valence-electron chi connectivity index (χ2n) is 9.91. The Kier molecular flexibility index (Phi) is 7.66. The molecule has 0 aromatic carbocycles. The Hall–Kier alpha value is -2.03. The van der Waals surface area contributed by atoms with Crippen LogP contribution >= 0.6 is 0 Å². The van der Waals surface area contributed by atoms with Crippen molar-refractivity contribution in [3.8, 4) is 0 Å². The van der Waals surface area contributed by atoms with Crippen LogP contribution in [0, 0.1) is 5.92 Å². The lowest BCUT2D eigenvalue weighted by atomic mass is 9.77. The normalized spacial score (nSPS) is 26.3. The van der Waals surface area contributed by atoms with E-state index in [1.165, 1.54) is 6.42 Å². The minimum atomic E-state index is -0.913. The van der Waals surface area contributed by atoms with Crippen LogP contribution in [-0.2, 0) is 9.59 Å². The number of unbranched alkanes of at least 4 members (excludes halogenated alkanes) is 1. The summed E-state index contributed by atoms with van der Waals surface area (Å²) in [6.07, 6.45) is 9.47. The van der Waals surface area contributed by atoms with Crippen molar-refractivity contribution < 1.29 is 19.8 Å². The van der Waals surface area contributed by atoms with E-state index in [-0.39, 0.29) is 17.7 Å². The summed E-state index contributed by atoms with van der Waals surface area (Å²) < 4.78 is 0. The number of carbonyl (C=O) groups excluding carboxylic acids is 2. The van der Waals surface area contributed by atoms with Gasteiger partial charge >= 0.3 is 0 Å². The van der Waals surface area contributed by atoms with Crippen LogP contribution in [0.15, 0.2) is 24.5 Å². The second-order valence-corrected chi connectivity index (χ2v) is 9.91. The molecule has 0 bridgehead atoms. The van der Waals surface area contributed by atoms with E-state index in [4.69, 9.17) is 0 Å². The summed E-state index contributed by atoms with van der Waals surface area (Å²) >= 11 is 0. The molecule has 1 aromatic rings. The number of nitrogens with one attached hydrogen (secondary N) is 1. The van der Waals surface area contributed by atoms with Crippen LogP contribution in [0.1, 0.15) is 76.5 Å². The molecule has 4 rings (SSSR count). The maximum Gasteiger partial charge on any atom is 0.248 e. The second kappa shape index (κ2) is 10.5. The molecule has 3 aliphatic rings. The summed E-state index contributed by atoms with van der Waals surface area (Å²) in [6, 6.07) is 2.72. The standard InChI is InChI=1S/C25H38N4O4/c1-2-3-15-29-23(32)20(21(30)18-7-5-4-6-8-18)27-24(33)25(29)11-16-28(17-12-25)22(31)19-9-13-26-14-10-19/h9-10,13-14,18,20-22,30-31H,2-8,11-12,15-17H2,1H3,(H,27,33)/t20-,21-,22?/m1/s1.